The molecule has 1 heterocycles. The Morgan fingerprint density at radius 2 is 1.85 bits per heavy atom. The number of unbranched alkanes of at least 4 members (excludes halogenated alkanes) is 2. The SMILES string of the molecule is CCCCCN(Cc1cccn1Cc1ccccc1C)C(=O)Nc1ccc(OC)cc1OC. The molecule has 0 atom stereocenters. The van der Waals surface area contributed by atoms with Crippen LogP contribution in [0.15, 0.2) is 60.8 Å². The highest BCUT2D eigenvalue weighted by Crippen LogP contribution is 2.29. The maximum absolute atomic E-state index is 13.3. The van der Waals surface area contributed by atoms with Crippen molar-refractivity contribution in [3.05, 3.63) is 77.6 Å². The van der Waals surface area contributed by atoms with Crippen LogP contribution in [0.4, 0.5) is 10.5 Å². The average molecular weight is 450 g/mol. The number of aromatic nitrogens is 1. The summed E-state index contributed by atoms with van der Waals surface area (Å²) in [6.07, 6.45) is 5.23. The molecule has 176 valence electrons. The molecule has 33 heavy (non-hydrogen) atoms. The Hall–Kier alpha value is -3.41. The molecule has 2 aromatic carbocycles. The number of ether oxygens (including phenoxy) is 2. The minimum atomic E-state index is -0.141. The van der Waals surface area contributed by atoms with E-state index < -0.39 is 0 Å². The van der Waals surface area contributed by atoms with Gasteiger partial charge in [-0.05, 0) is 48.7 Å². The van der Waals surface area contributed by atoms with E-state index in [0.717, 1.165) is 31.5 Å². The molecule has 0 fully saturated rings. The Morgan fingerprint density at radius 1 is 1.03 bits per heavy atom. The number of hydrogen-bond donors (Lipinski definition) is 1. The molecular formula is C27H35N3O3. The minimum Gasteiger partial charge on any atom is -0.497 e. The van der Waals surface area contributed by atoms with Crippen LogP contribution >= 0.6 is 0 Å². The molecule has 0 saturated heterocycles. The number of rotatable bonds is 11. The lowest BCUT2D eigenvalue weighted by Gasteiger charge is -2.25. The first-order chi connectivity index (χ1) is 16.0. The van der Waals surface area contributed by atoms with Gasteiger partial charge < -0.3 is 24.3 Å². The zero-order chi connectivity index (χ0) is 23.6. The predicted molar refractivity (Wildman–Crippen MR) is 133 cm³/mol. The van der Waals surface area contributed by atoms with Crippen molar-refractivity contribution in [2.24, 2.45) is 0 Å². The molecule has 0 unspecified atom stereocenters. The second-order valence-corrected chi connectivity index (χ2v) is 8.18. The van der Waals surface area contributed by atoms with E-state index in [9.17, 15) is 4.79 Å². The molecule has 0 aliphatic heterocycles. The van der Waals surface area contributed by atoms with E-state index in [4.69, 9.17) is 9.47 Å². The van der Waals surface area contributed by atoms with Crippen LogP contribution in [0.3, 0.4) is 0 Å². The lowest BCUT2D eigenvalue weighted by molar-refractivity contribution is 0.206. The normalized spacial score (nSPS) is 10.7. The first-order valence-corrected chi connectivity index (χ1v) is 11.5. The average Bonchev–Trinajstić information content (AvgIpc) is 3.26. The van der Waals surface area contributed by atoms with Crippen molar-refractivity contribution in [1.82, 2.24) is 9.47 Å². The highest BCUT2D eigenvalue weighted by atomic mass is 16.5. The summed E-state index contributed by atoms with van der Waals surface area (Å²) >= 11 is 0. The summed E-state index contributed by atoms with van der Waals surface area (Å²) in [5, 5.41) is 3.03. The van der Waals surface area contributed by atoms with Gasteiger partial charge in [-0.1, -0.05) is 44.0 Å². The number of nitrogens with one attached hydrogen (secondary N) is 1. The van der Waals surface area contributed by atoms with Crippen molar-refractivity contribution in [2.45, 2.75) is 46.2 Å². The predicted octanol–water partition coefficient (Wildman–Crippen LogP) is 6.09. The van der Waals surface area contributed by atoms with Gasteiger partial charge in [-0.3, -0.25) is 0 Å². The fourth-order valence-corrected chi connectivity index (χ4v) is 3.81. The molecule has 0 radical (unpaired) electrons. The molecule has 3 aromatic rings. The molecule has 3 rings (SSSR count). The van der Waals surface area contributed by atoms with Crippen molar-refractivity contribution in [3.8, 4) is 11.5 Å². The minimum absolute atomic E-state index is 0.141. The summed E-state index contributed by atoms with van der Waals surface area (Å²) in [7, 11) is 3.19. The number of nitrogens with zero attached hydrogens (tertiary/aromatic N) is 2. The second kappa shape index (κ2) is 12.0. The zero-order valence-corrected chi connectivity index (χ0v) is 20.1. The van der Waals surface area contributed by atoms with Crippen molar-refractivity contribution in [3.63, 3.8) is 0 Å². The molecule has 0 spiro atoms. The summed E-state index contributed by atoms with van der Waals surface area (Å²) in [5.74, 6) is 1.25. The Balaban J connectivity index is 1.77. The zero-order valence-electron chi connectivity index (χ0n) is 20.1. The number of aryl methyl sites for hydroxylation is 1. The first kappa shape index (κ1) is 24.2. The summed E-state index contributed by atoms with van der Waals surface area (Å²) in [6, 6.07) is 17.8. The highest BCUT2D eigenvalue weighted by Gasteiger charge is 2.18. The lowest BCUT2D eigenvalue weighted by Crippen LogP contribution is -2.36. The van der Waals surface area contributed by atoms with Crippen LogP contribution in [-0.2, 0) is 13.1 Å². The van der Waals surface area contributed by atoms with Crippen LogP contribution in [0.2, 0.25) is 0 Å². The summed E-state index contributed by atoms with van der Waals surface area (Å²) in [4.78, 5) is 15.2. The Labute approximate surface area is 197 Å². The van der Waals surface area contributed by atoms with Gasteiger partial charge in [-0.2, -0.15) is 0 Å². The van der Waals surface area contributed by atoms with Gasteiger partial charge in [0.05, 0.1) is 26.5 Å². The maximum Gasteiger partial charge on any atom is 0.322 e. The van der Waals surface area contributed by atoms with E-state index in [1.54, 1.807) is 26.4 Å². The van der Waals surface area contributed by atoms with Crippen LogP contribution in [0.5, 0.6) is 11.5 Å². The highest BCUT2D eigenvalue weighted by molar-refractivity contribution is 5.91. The third-order valence-corrected chi connectivity index (χ3v) is 5.85. The molecule has 0 aliphatic rings. The number of urea groups is 1. The second-order valence-electron chi connectivity index (χ2n) is 8.18. The Bertz CT molecular complexity index is 1040. The number of anilines is 1. The van der Waals surface area contributed by atoms with Crippen LogP contribution in [-0.4, -0.2) is 36.3 Å². The molecular weight excluding hydrogens is 414 g/mol. The van der Waals surface area contributed by atoms with Gasteiger partial charge in [0.15, 0.2) is 0 Å². The van der Waals surface area contributed by atoms with Crippen LogP contribution in [0.25, 0.3) is 0 Å². The van der Waals surface area contributed by atoms with Gasteiger partial charge in [0.1, 0.15) is 11.5 Å². The van der Waals surface area contributed by atoms with E-state index in [1.807, 2.05) is 17.0 Å². The van der Waals surface area contributed by atoms with Gasteiger partial charge in [0, 0.05) is 31.0 Å². The maximum atomic E-state index is 13.3. The largest absolute Gasteiger partial charge is 0.497 e. The van der Waals surface area contributed by atoms with Gasteiger partial charge >= 0.3 is 6.03 Å². The van der Waals surface area contributed by atoms with Crippen molar-refractivity contribution >= 4 is 11.7 Å². The van der Waals surface area contributed by atoms with Gasteiger partial charge in [-0.25, -0.2) is 4.79 Å². The third kappa shape index (κ3) is 6.54. The Morgan fingerprint density at radius 3 is 2.58 bits per heavy atom. The van der Waals surface area contributed by atoms with E-state index >= 15 is 0 Å². The summed E-state index contributed by atoms with van der Waals surface area (Å²) < 4.78 is 12.9. The molecule has 0 aliphatic carbocycles. The Kier molecular flexibility index (Phi) is 8.81. The topological polar surface area (TPSA) is 55.7 Å². The van der Waals surface area contributed by atoms with Gasteiger partial charge in [0.2, 0.25) is 0 Å². The number of carbonyl (C=O) groups is 1. The molecule has 6 heteroatoms. The molecule has 1 aromatic heterocycles. The smallest absolute Gasteiger partial charge is 0.322 e. The quantitative estimate of drug-likeness (QED) is 0.361. The number of benzene rings is 2. The van der Waals surface area contributed by atoms with Crippen molar-refractivity contribution < 1.29 is 14.3 Å². The molecule has 0 bridgehead atoms. The molecule has 2 amide bonds. The molecule has 0 saturated carbocycles. The van der Waals surface area contributed by atoms with Crippen LogP contribution < -0.4 is 14.8 Å². The standard InChI is InChI=1S/C27H35N3O3/c1-5-6-9-16-30(27(31)28-25-15-14-24(32-3)18-26(25)33-4)20-23-13-10-17-29(23)19-22-12-8-7-11-21(22)2/h7-8,10-15,17-18H,5-6,9,16,19-20H2,1-4H3,(H,28,31). The van der Waals surface area contributed by atoms with Gasteiger partial charge in [-0.15, -0.1) is 0 Å². The molecule has 6 nitrogen and oxygen atoms in total. The van der Waals surface area contributed by atoms with Crippen LogP contribution in [0.1, 0.15) is 43.0 Å². The number of methoxy groups -OCH3 is 2. The number of carbonyl (C=O) groups excluding carboxylic acids is 1. The first-order valence-electron chi connectivity index (χ1n) is 11.5. The number of amides is 2. The molecule has 1 N–H and O–H groups in total. The van der Waals surface area contributed by atoms with E-state index in [2.05, 4.69) is 60.3 Å². The van der Waals surface area contributed by atoms with E-state index in [-0.39, 0.29) is 6.03 Å². The van der Waals surface area contributed by atoms with E-state index in [1.165, 1.54) is 11.1 Å². The van der Waals surface area contributed by atoms with E-state index in [0.29, 0.717) is 30.3 Å². The van der Waals surface area contributed by atoms with Gasteiger partial charge in [0.25, 0.3) is 0 Å². The fraction of sp³-hybridized carbons (Fsp3) is 0.370. The summed E-state index contributed by atoms with van der Waals surface area (Å²) in [6.45, 7) is 6.30. The van der Waals surface area contributed by atoms with Crippen LogP contribution in [0, 0.1) is 6.92 Å². The van der Waals surface area contributed by atoms with Crippen molar-refractivity contribution in [2.75, 3.05) is 26.1 Å². The number of hydrogen-bond acceptors (Lipinski definition) is 3. The third-order valence-electron chi connectivity index (χ3n) is 5.85. The monoisotopic (exact) mass is 449 g/mol. The fourth-order valence-electron chi connectivity index (χ4n) is 3.81. The van der Waals surface area contributed by atoms with Crippen molar-refractivity contribution in [1.29, 1.82) is 0 Å². The summed E-state index contributed by atoms with van der Waals surface area (Å²) in [5.41, 5.74) is 4.27. The lowest BCUT2D eigenvalue weighted by atomic mass is 10.1.